The number of halogens is 2. The summed E-state index contributed by atoms with van der Waals surface area (Å²) in [5.41, 5.74) is 7.75. The number of aryl methyl sites for hydroxylation is 1. The van der Waals surface area contributed by atoms with Gasteiger partial charge in [-0.2, -0.15) is 0 Å². The Balaban J connectivity index is 0.00000392. The van der Waals surface area contributed by atoms with Crippen molar-refractivity contribution in [2.75, 3.05) is 26.7 Å². The van der Waals surface area contributed by atoms with Gasteiger partial charge in [0.1, 0.15) is 11.6 Å². The van der Waals surface area contributed by atoms with Crippen molar-refractivity contribution in [1.82, 2.24) is 10.6 Å². The second-order valence-electron chi connectivity index (χ2n) is 6.01. The summed E-state index contributed by atoms with van der Waals surface area (Å²) in [7, 11) is 1.63. The van der Waals surface area contributed by atoms with Crippen LogP contribution in [0, 0.1) is 12.7 Å². The molecule has 0 bridgehead atoms. The van der Waals surface area contributed by atoms with E-state index in [0.29, 0.717) is 36.7 Å². The molecule has 2 rings (SSSR count). The first-order valence-electron chi connectivity index (χ1n) is 8.70. The van der Waals surface area contributed by atoms with Crippen LogP contribution < -0.4 is 21.1 Å². The number of carbonyl (C=O) groups is 1. The van der Waals surface area contributed by atoms with Gasteiger partial charge in [-0.1, -0.05) is 18.2 Å². The van der Waals surface area contributed by atoms with Crippen LogP contribution in [0.25, 0.3) is 0 Å². The lowest BCUT2D eigenvalue weighted by Crippen LogP contribution is -2.38. The minimum atomic E-state index is -0.394. The Hall–Kier alpha value is -2.36. The van der Waals surface area contributed by atoms with E-state index < -0.39 is 5.82 Å². The Morgan fingerprint density at radius 3 is 2.46 bits per heavy atom. The number of carbonyl (C=O) groups excluding carboxylic acids is 1. The molecule has 0 unspecified atom stereocenters. The second-order valence-corrected chi connectivity index (χ2v) is 6.01. The lowest BCUT2D eigenvalue weighted by molar-refractivity contribution is 0.0954. The van der Waals surface area contributed by atoms with Gasteiger partial charge in [-0.3, -0.25) is 9.79 Å². The monoisotopic (exact) mass is 500 g/mol. The number of hydrogen-bond donors (Lipinski definition) is 3. The van der Waals surface area contributed by atoms with Gasteiger partial charge in [0.05, 0.1) is 7.11 Å². The SMILES string of the molecule is COc1ccc(CCN=C(N)NCCNC(=O)c2ccc(C)c(F)c2)cc1.I. The third-order valence-corrected chi connectivity index (χ3v) is 3.99. The third-order valence-electron chi connectivity index (χ3n) is 3.99. The van der Waals surface area contributed by atoms with Crippen molar-refractivity contribution < 1.29 is 13.9 Å². The van der Waals surface area contributed by atoms with Crippen LogP contribution in [0.2, 0.25) is 0 Å². The molecule has 152 valence electrons. The van der Waals surface area contributed by atoms with Crippen LogP contribution in [-0.4, -0.2) is 38.6 Å². The standard InChI is InChI=1S/C20H25FN4O2.HI/c1-14-3-6-16(13-18(14)21)19(26)23-11-12-25-20(22)24-10-9-15-4-7-17(27-2)8-5-15;/h3-8,13H,9-12H2,1-2H3,(H,23,26)(H3,22,24,25);1H. The maximum Gasteiger partial charge on any atom is 0.251 e. The zero-order chi connectivity index (χ0) is 19.6. The molecule has 0 aliphatic heterocycles. The maximum atomic E-state index is 13.5. The molecule has 0 heterocycles. The van der Waals surface area contributed by atoms with Gasteiger partial charge in [-0.05, 0) is 48.7 Å². The molecule has 1 amide bonds. The van der Waals surface area contributed by atoms with Gasteiger partial charge in [-0.25, -0.2) is 4.39 Å². The van der Waals surface area contributed by atoms with Crippen molar-refractivity contribution in [3.63, 3.8) is 0 Å². The summed E-state index contributed by atoms with van der Waals surface area (Å²) in [6.45, 7) is 2.98. The fourth-order valence-corrected chi connectivity index (χ4v) is 2.36. The van der Waals surface area contributed by atoms with E-state index in [-0.39, 0.29) is 29.9 Å². The maximum absolute atomic E-state index is 13.5. The van der Waals surface area contributed by atoms with Gasteiger partial charge < -0.3 is 21.1 Å². The molecule has 0 spiro atoms. The number of hydrogen-bond acceptors (Lipinski definition) is 3. The lowest BCUT2D eigenvalue weighted by atomic mass is 10.1. The summed E-state index contributed by atoms with van der Waals surface area (Å²) < 4.78 is 18.6. The highest BCUT2D eigenvalue weighted by Crippen LogP contribution is 2.11. The summed E-state index contributed by atoms with van der Waals surface area (Å²) in [4.78, 5) is 16.2. The van der Waals surface area contributed by atoms with Crippen molar-refractivity contribution in [1.29, 1.82) is 0 Å². The van der Waals surface area contributed by atoms with Gasteiger partial charge in [0.25, 0.3) is 5.91 Å². The number of rotatable bonds is 8. The van der Waals surface area contributed by atoms with Crippen LogP contribution >= 0.6 is 24.0 Å². The average Bonchev–Trinajstić information content (AvgIpc) is 2.67. The number of nitrogens with two attached hydrogens (primary N) is 1. The van der Waals surface area contributed by atoms with Crippen molar-refractivity contribution in [2.24, 2.45) is 10.7 Å². The summed E-state index contributed by atoms with van der Waals surface area (Å²) in [6.07, 6.45) is 0.766. The zero-order valence-electron chi connectivity index (χ0n) is 16.0. The number of methoxy groups -OCH3 is 1. The molecule has 0 aliphatic rings. The van der Waals surface area contributed by atoms with Gasteiger partial charge in [0.15, 0.2) is 5.96 Å². The molecule has 0 aromatic heterocycles. The lowest BCUT2D eigenvalue weighted by Gasteiger charge is -2.08. The quantitative estimate of drug-likeness (QED) is 0.225. The minimum Gasteiger partial charge on any atom is -0.497 e. The number of benzene rings is 2. The Morgan fingerprint density at radius 2 is 1.82 bits per heavy atom. The highest BCUT2D eigenvalue weighted by Gasteiger charge is 2.07. The summed E-state index contributed by atoms with van der Waals surface area (Å²) >= 11 is 0. The Labute approximate surface area is 181 Å². The van der Waals surface area contributed by atoms with Crippen molar-refractivity contribution in [3.05, 3.63) is 65.0 Å². The number of ether oxygens (including phenoxy) is 1. The van der Waals surface area contributed by atoms with Crippen LogP contribution in [0.15, 0.2) is 47.5 Å². The summed E-state index contributed by atoms with van der Waals surface area (Å²) in [5.74, 6) is 0.415. The number of guanidine groups is 1. The van der Waals surface area contributed by atoms with Gasteiger partial charge in [-0.15, -0.1) is 24.0 Å². The Bertz CT molecular complexity index is 797. The number of aliphatic imine (C=N–C) groups is 1. The molecule has 0 saturated carbocycles. The van der Waals surface area contributed by atoms with E-state index in [2.05, 4.69) is 15.6 Å². The molecule has 8 heteroatoms. The predicted octanol–water partition coefficient (Wildman–Crippen LogP) is 2.64. The largest absolute Gasteiger partial charge is 0.497 e. The van der Waals surface area contributed by atoms with E-state index in [0.717, 1.165) is 17.7 Å². The highest BCUT2D eigenvalue weighted by atomic mass is 127. The first-order valence-corrected chi connectivity index (χ1v) is 8.70. The molecule has 2 aromatic carbocycles. The van der Waals surface area contributed by atoms with E-state index in [1.807, 2.05) is 24.3 Å². The average molecular weight is 500 g/mol. The molecule has 4 N–H and O–H groups in total. The van der Waals surface area contributed by atoms with Crippen molar-refractivity contribution >= 4 is 35.8 Å². The third kappa shape index (κ3) is 7.71. The fraction of sp³-hybridized carbons (Fsp3) is 0.300. The van der Waals surface area contributed by atoms with Crippen molar-refractivity contribution in [3.8, 4) is 5.75 Å². The number of nitrogens with one attached hydrogen (secondary N) is 2. The second kappa shape index (κ2) is 12.2. The molecule has 0 fully saturated rings. The molecular weight excluding hydrogens is 474 g/mol. The highest BCUT2D eigenvalue weighted by molar-refractivity contribution is 14.0. The zero-order valence-corrected chi connectivity index (χ0v) is 18.3. The molecule has 0 saturated heterocycles. The van der Waals surface area contributed by atoms with Gasteiger partial charge in [0.2, 0.25) is 0 Å². The molecule has 0 aliphatic carbocycles. The van der Waals surface area contributed by atoms with E-state index in [4.69, 9.17) is 10.5 Å². The topological polar surface area (TPSA) is 88.7 Å². The molecule has 0 atom stereocenters. The van der Waals surface area contributed by atoms with Crippen LogP contribution in [0.4, 0.5) is 4.39 Å². The predicted molar refractivity (Wildman–Crippen MR) is 120 cm³/mol. The molecule has 6 nitrogen and oxygen atoms in total. The minimum absolute atomic E-state index is 0. The van der Waals surface area contributed by atoms with Crippen LogP contribution in [0.3, 0.4) is 0 Å². The van der Waals surface area contributed by atoms with Crippen LogP contribution in [0.1, 0.15) is 21.5 Å². The smallest absolute Gasteiger partial charge is 0.251 e. The summed E-state index contributed by atoms with van der Waals surface area (Å²) in [5, 5.41) is 5.64. The fourth-order valence-electron chi connectivity index (χ4n) is 2.36. The van der Waals surface area contributed by atoms with E-state index in [9.17, 15) is 9.18 Å². The van der Waals surface area contributed by atoms with Crippen molar-refractivity contribution in [2.45, 2.75) is 13.3 Å². The number of nitrogens with zero attached hydrogens (tertiary/aromatic N) is 1. The number of amides is 1. The van der Waals surface area contributed by atoms with Crippen LogP contribution in [-0.2, 0) is 6.42 Å². The van der Waals surface area contributed by atoms with Gasteiger partial charge >= 0.3 is 0 Å². The molecule has 2 aromatic rings. The normalized spacial score (nSPS) is 10.8. The molecule has 28 heavy (non-hydrogen) atoms. The van der Waals surface area contributed by atoms with E-state index >= 15 is 0 Å². The van der Waals surface area contributed by atoms with E-state index in [1.165, 1.54) is 6.07 Å². The first kappa shape index (κ1) is 23.7. The summed E-state index contributed by atoms with van der Waals surface area (Å²) in [6, 6.07) is 12.2. The molecular formula is C20H26FIN4O2. The Kier molecular flexibility index (Phi) is 10.3. The van der Waals surface area contributed by atoms with E-state index in [1.54, 1.807) is 26.2 Å². The van der Waals surface area contributed by atoms with Gasteiger partial charge in [0, 0.05) is 25.2 Å². The van der Waals surface area contributed by atoms with Crippen LogP contribution in [0.5, 0.6) is 5.75 Å². The first-order chi connectivity index (χ1) is 13.0. The molecule has 0 radical (unpaired) electrons. The Morgan fingerprint density at radius 1 is 1.14 bits per heavy atom.